The molecule has 2 aromatic heterocycles. The minimum absolute atomic E-state index is 0.0610. The van der Waals surface area contributed by atoms with Crippen molar-refractivity contribution < 1.29 is 18.6 Å². The predicted molar refractivity (Wildman–Crippen MR) is 92.4 cm³/mol. The molecule has 1 amide bonds. The summed E-state index contributed by atoms with van der Waals surface area (Å²) in [6.45, 7) is 0.901. The molecule has 0 saturated carbocycles. The van der Waals surface area contributed by atoms with E-state index < -0.39 is 0 Å². The van der Waals surface area contributed by atoms with E-state index in [0.29, 0.717) is 24.6 Å². The highest BCUT2D eigenvalue weighted by Gasteiger charge is 2.15. The molecular weight excluding hydrogens is 374 g/mol. The molecule has 1 atom stereocenters. The number of benzene rings is 1. The molecule has 0 spiro atoms. The molecule has 3 rings (SSSR count). The Hall–Kier alpha value is -2.38. The number of rotatable bonds is 6. The van der Waals surface area contributed by atoms with Crippen LogP contribution < -0.4 is 10.2 Å². The molecular formula is C17H17BrN3O3+. The van der Waals surface area contributed by atoms with Gasteiger partial charge in [0.15, 0.2) is 12.3 Å². The molecule has 6 nitrogen and oxygen atoms in total. The third-order valence-electron chi connectivity index (χ3n) is 3.42. The summed E-state index contributed by atoms with van der Waals surface area (Å²) in [6, 6.07) is 12.9. The predicted octanol–water partition coefficient (Wildman–Crippen LogP) is 2.35. The van der Waals surface area contributed by atoms with E-state index >= 15 is 0 Å². The molecule has 24 heavy (non-hydrogen) atoms. The lowest BCUT2D eigenvalue weighted by atomic mass is 10.3. The van der Waals surface area contributed by atoms with Gasteiger partial charge >= 0.3 is 0 Å². The Morgan fingerprint density at radius 1 is 1.25 bits per heavy atom. The number of furan rings is 1. The summed E-state index contributed by atoms with van der Waals surface area (Å²) in [5.74, 6) is 1.16. The fourth-order valence-electron chi connectivity index (χ4n) is 2.33. The van der Waals surface area contributed by atoms with Gasteiger partial charge in [-0.05, 0) is 40.2 Å². The van der Waals surface area contributed by atoms with Crippen molar-refractivity contribution in [3.8, 4) is 11.5 Å². The van der Waals surface area contributed by atoms with Gasteiger partial charge in [-0.3, -0.25) is 4.79 Å². The van der Waals surface area contributed by atoms with E-state index in [1.165, 1.54) is 0 Å². The Labute approximate surface area is 147 Å². The maximum absolute atomic E-state index is 12.1. The third-order valence-corrected chi connectivity index (χ3v) is 4.11. The Morgan fingerprint density at radius 3 is 2.83 bits per heavy atom. The first kappa shape index (κ1) is 16.5. The standard InChI is InChI=1S/C17H16BrN3O3/c1-21(11-17(22)19-14-6-3-2-5-13(14)18)10-12-9-16(24-20-12)15-7-4-8-23-15/h2-9H,10-11H2,1H3,(H,19,22)/p+1. The number of halogens is 1. The van der Waals surface area contributed by atoms with E-state index in [1.807, 2.05) is 43.4 Å². The summed E-state index contributed by atoms with van der Waals surface area (Å²) < 4.78 is 11.4. The van der Waals surface area contributed by atoms with Gasteiger partial charge in [-0.1, -0.05) is 17.3 Å². The van der Waals surface area contributed by atoms with Crippen LogP contribution in [0, 0.1) is 0 Å². The van der Waals surface area contributed by atoms with Crippen LogP contribution in [-0.2, 0) is 11.3 Å². The number of quaternary nitrogens is 1. The molecule has 2 heterocycles. The minimum Gasteiger partial charge on any atom is -0.461 e. The topological polar surface area (TPSA) is 72.7 Å². The Bertz CT molecular complexity index is 814. The Morgan fingerprint density at radius 2 is 2.08 bits per heavy atom. The van der Waals surface area contributed by atoms with E-state index in [-0.39, 0.29) is 5.91 Å². The molecule has 7 heteroatoms. The number of hydrogen-bond donors (Lipinski definition) is 2. The lowest BCUT2D eigenvalue weighted by Crippen LogP contribution is -3.08. The normalized spacial score (nSPS) is 12.1. The monoisotopic (exact) mass is 390 g/mol. The highest BCUT2D eigenvalue weighted by Crippen LogP contribution is 2.21. The van der Waals surface area contributed by atoms with Crippen LogP contribution in [0.3, 0.4) is 0 Å². The van der Waals surface area contributed by atoms with Crippen molar-refractivity contribution in [3.05, 3.63) is 58.9 Å². The van der Waals surface area contributed by atoms with Gasteiger partial charge < -0.3 is 19.2 Å². The van der Waals surface area contributed by atoms with Crippen molar-refractivity contribution in [2.75, 3.05) is 18.9 Å². The number of amides is 1. The van der Waals surface area contributed by atoms with Gasteiger partial charge in [0.25, 0.3) is 5.91 Å². The molecule has 0 aliphatic heterocycles. The maximum atomic E-state index is 12.1. The number of nitrogens with one attached hydrogen (secondary N) is 2. The number of anilines is 1. The molecule has 1 unspecified atom stereocenters. The van der Waals surface area contributed by atoms with Crippen molar-refractivity contribution in [1.82, 2.24) is 5.16 Å². The van der Waals surface area contributed by atoms with Crippen molar-refractivity contribution in [2.24, 2.45) is 0 Å². The summed E-state index contributed by atoms with van der Waals surface area (Å²) in [5, 5.41) is 6.91. The molecule has 0 fully saturated rings. The van der Waals surface area contributed by atoms with Crippen LogP contribution in [0.1, 0.15) is 5.69 Å². The van der Waals surface area contributed by atoms with Crippen molar-refractivity contribution in [2.45, 2.75) is 6.54 Å². The van der Waals surface area contributed by atoms with Gasteiger partial charge in [-0.25, -0.2) is 0 Å². The zero-order chi connectivity index (χ0) is 16.9. The van der Waals surface area contributed by atoms with Gasteiger partial charge in [0, 0.05) is 10.5 Å². The molecule has 2 N–H and O–H groups in total. The molecule has 124 valence electrons. The molecule has 0 aliphatic rings. The van der Waals surface area contributed by atoms with Gasteiger partial charge in [-0.15, -0.1) is 0 Å². The fourth-order valence-corrected chi connectivity index (χ4v) is 2.72. The highest BCUT2D eigenvalue weighted by atomic mass is 79.9. The average Bonchev–Trinajstić information content (AvgIpc) is 3.20. The average molecular weight is 391 g/mol. The second-order valence-electron chi connectivity index (χ2n) is 5.50. The molecule has 1 aromatic carbocycles. The van der Waals surface area contributed by atoms with Crippen molar-refractivity contribution >= 4 is 27.5 Å². The third kappa shape index (κ3) is 4.12. The van der Waals surface area contributed by atoms with Gasteiger partial charge in [0.2, 0.25) is 5.76 Å². The van der Waals surface area contributed by atoms with Crippen LogP contribution in [-0.4, -0.2) is 24.7 Å². The lowest BCUT2D eigenvalue weighted by molar-refractivity contribution is -0.885. The Kier molecular flexibility index (Phi) is 5.12. The summed E-state index contributed by atoms with van der Waals surface area (Å²) in [4.78, 5) is 13.1. The van der Waals surface area contributed by atoms with Crippen molar-refractivity contribution in [1.29, 1.82) is 0 Å². The van der Waals surface area contributed by atoms with E-state index in [9.17, 15) is 4.79 Å². The Balaban J connectivity index is 1.55. The first-order valence-electron chi connectivity index (χ1n) is 7.47. The van der Waals surface area contributed by atoms with Crippen LogP contribution >= 0.6 is 15.9 Å². The quantitative estimate of drug-likeness (QED) is 0.677. The number of carbonyl (C=O) groups is 1. The van der Waals surface area contributed by atoms with Crippen molar-refractivity contribution in [3.63, 3.8) is 0 Å². The number of aromatic nitrogens is 1. The zero-order valence-electron chi connectivity index (χ0n) is 13.1. The maximum Gasteiger partial charge on any atom is 0.279 e. The van der Waals surface area contributed by atoms with Crippen LogP contribution in [0.4, 0.5) is 5.69 Å². The summed E-state index contributed by atoms with van der Waals surface area (Å²) in [7, 11) is 1.93. The van der Waals surface area contributed by atoms with E-state index in [1.54, 1.807) is 12.3 Å². The molecule has 0 saturated heterocycles. The van der Waals surface area contributed by atoms with Crippen LogP contribution in [0.25, 0.3) is 11.5 Å². The molecule has 0 radical (unpaired) electrons. The fraction of sp³-hybridized carbons (Fsp3) is 0.176. The second-order valence-corrected chi connectivity index (χ2v) is 6.35. The number of hydrogen-bond acceptors (Lipinski definition) is 4. The zero-order valence-corrected chi connectivity index (χ0v) is 14.7. The van der Waals surface area contributed by atoms with Crippen LogP contribution in [0.2, 0.25) is 0 Å². The van der Waals surface area contributed by atoms with Crippen LogP contribution in [0.15, 0.2) is 62.1 Å². The van der Waals surface area contributed by atoms with Gasteiger partial charge in [0.05, 0.1) is 19.0 Å². The number of para-hydroxylation sites is 1. The molecule has 3 aromatic rings. The summed E-state index contributed by atoms with van der Waals surface area (Å²) in [6.07, 6.45) is 1.58. The smallest absolute Gasteiger partial charge is 0.279 e. The first-order valence-corrected chi connectivity index (χ1v) is 8.26. The van der Waals surface area contributed by atoms with E-state index in [2.05, 4.69) is 26.4 Å². The molecule has 0 aliphatic carbocycles. The highest BCUT2D eigenvalue weighted by molar-refractivity contribution is 9.10. The SMILES string of the molecule is C[NH+](CC(=O)Nc1ccccc1Br)Cc1cc(-c2ccco2)on1. The summed E-state index contributed by atoms with van der Waals surface area (Å²) >= 11 is 3.41. The van der Waals surface area contributed by atoms with Crippen LogP contribution in [0.5, 0.6) is 0 Å². The second kappa shape index (κ2) is 7.46. The largest absolute Gasteiger partial charge is 0.461 e. The minimum atomic E-state index is -0.0610. The summed E-state index contributed by atoms with van der Waals surface area (Å²) in [5.41, 5.74) is 1.53. The van der Waals surface area contributed by atoms with E-state index in [4.69, 9.17) is 8.94 Å². The van der Waals surface area contributed by atoms with Gasteiger partial charge in [0.1, 0.15) is 12.2 Å². The lowest BCUT2D eigenvalue weighted by Gasteiger charge is -2.12. The van der Waals surface area contributed by atoms with E-state index in [0.717, 1.165) is 20.8 Å². The number of carbonyl (C=O) groups excluding carboxylic acids is 1. The first-order chi connectivity index (χ1) is 11.6. The number of nitrogens with zero attached hydrogens (tertiary/aromatic N) is 1. The number of likely N-dealkylation sites (N-methyl/N-ethyl adjacent to an activating group) is 1. The van der Waals surface area contributed by atoms with Gasteiger partial charge in [-0.2, -0.15) is 0 Å². The molecule has 0 bridgehead atoms.